The van der Waals surface area contributed by atoms with Gasteiger partial charge in [0.1, 0.15) is 5.75 Å². The normalized spacial score (nSPS) is 19.1. The van der Waals surface area contributed by atoms with Crippen LogP contribution < -0.4 is 10.1 Å². The first-order valence-corrected chi connectivity index (χ1v) is 12.1. The van der Waals surface area contributed by atoms with Crippen molar-refractivity contribution in [3.05, 3.63) is 64.7 Å². The van der Waals surface area contributed by atoms with Crippen LogP contribution in [-0.2, 0) is 6.42 Å². The Morgan fingerprint density at radius 2 is 1.70 bits per heavy atom. The van der Waals surface area contributed by atoms with Crippen LogP contribution in [0.15, 0.2) is 48.5 Å². The Morgan fingerprint density at radius 3 is 2.36 bits per heavy atom. The number of aliphatic hydroxyl groups is 1. The summed E-state index contributed by atoms with van der Waals surface area (Å²) >= 11 is 6.65. The average molecular weight is 516 g/mol. The van der Waals surface area contributed by atoms with Crippen LogP contribution in [0.5, 0.6) is 5.75 Å². The lowest BCUT2D eigenvalue weighted by Crippen LogP contribution is -2.49. The fraction of sp³-hybridized carbons (Fsp3) is 0.538. The summed E-state index contributed by atoms with van der Waals surface area (Å²) in [6.07, 6.45) is 6.02. The molecule has 0 radical (unpaired) electrons. The second kappa shape index (κ2) is 13.8. The van der Waals surface area contributed by atoms with Gasteiger partial charge in [-0.05, 0) is 36.1 Å². The molecule has 33 heavy (non-hydrogen) atoms. The van der Waals surface area contributed by atoms with E-state index in [0.717, 1.165) is 76.1 Å². The molecule has 4 nitrogen and oxygen atoms in total. The molecule has 1 heterocycles. The van der Waals surface area contributed by atoms with Crippen molar-refractivity contribution in [3.8, 4) is 5.75 Å². The summed E-state index contributed by atoms with van der Waals surface area (Å²) in [6, 6.07) is 16.5. The standard InChI is InChI=1S/C26H35ClN2O2.2ClH/c27-24-19-22(9-10-25(24)31-18-11-21-7-3-1-4-8-21)23(20-29-16-14-28-15-17-29)26(30)12-5-2-6-13-26;;/h1,3-4,7-10,19,23,28,30H,2,5-6,11-18,20H2;2*1H. The van der Waals surface area contributed by atoms with Gasteiger partial charge in [-0.2, -0.15) is 0 Å². The quantitative estimate of drug-likeness (QED) is 0.488. The number of rotatable bonds is 8. The molecule has 0 spiro atoms. The lowest BCUT2D eigenvalue weighted by molar-refractivity contribution is -0.0316. The highest BCUT2D eigenvalue weighted by Gasteiger charge is 2.39. The van der Waals surface area contributed by atoms with E-state index in [2.05, 4.69) is 28.4 Å². The molecule has 2 aromatic carbocycles. The van der Waals surface area contributed by atoms with E-state index in [4.69, 9.17) is 16.3 Å². The summed E-state index contributed by atoms with van der Waals surface area (Å²) in [6.45, 7) is 5.56. The lowest BCUT2D eigenvalue weighted by Gasteiger charge is -2.42. The van der Waals surface area contributed by atoms with Crippen LogP contribution in [0.1, 0.15) is 49.1 Å². The van der Waals surface area contributed by atoms with Crippen molar-refractivity contribution in [1.29, 1.82) is 0 Å². The van der Waals surface area contributed by atoms with Crippen molar-refractivity contribution in [1.82, 2.24) is 10.2 Å². The molecule has 184 valence electrons. The number of piperazine rings is 1. The zero-order chi connectivity index (χ0) is 21.5. The van der Waals surface area contributed by atoms with E-state index in [9.17, 15) is 5.11 Å². The van der Waals surface area contributed by atoms with Gasteiger partial charge in [-0.3, -0.25) is 0 Å². The van der Waals surface area contributed by atoms with Gasteiger partial charge >= 0.3 is 0 Å². The molecule has 0 aromatic heterocycles. The highest BCUT2D eigenvalue weighted by molar-refractivity contribution is 6.32. The topological polar surface area (TPSA) is 44.7 Å². The van der Waals surface area contributed by atoms with E-state index in [1.54, 1.807) is 0 Å². The van der Waals surface area contributed by atoms with Crippen molar-refractivity contribution >= 4 is 36.4 Å². The Labute approximate surface area is 215 Å². The third kappa shape index (κ3) is 7.74. The Kier molecular flexibility index (Phi) is 11.8. The molecule has 0 bridgehead atoms. The first kappa shape index (κ1) is 28.2. The van der Waals surface area contributed by atoms with Gasteiger partial charge in [0.2, 0.25) is 0 Å². The number of nitrogens with one attached hydrogen (secondary N) is 1. The summed E-state index contributed by atoms with van der Waals surface area (Å²) in [7, 11) is 0. The Balaban J connectivity index is 0.00000193. The third-order valence-electron chi connectivity index (χ3n) is 6.87. The van der Waals surface area contributed by atoms with Crippen molar-refractivity contribution in [3.63, 3.8) is 0 Å². The number of ether oxygens (including phenoxy) is 1. The molecule has 2 aromatic rings. The van der Waals surface area contributed by atoms with E-state index < -0.39 is 5.60 Å². The fourth-order valence-electron chi connectivity index (χ4n) is 5.02. The van der Waals surface area contributed by atoms with E-state index in [1.165, 1.54) is 12.0 Å². The fourth-order valence-corrected chi connectivity index (χ4v) is 5.27. The summed E-state index contributed by atoms with van der Waals surface area (Å²) in [5, 5.41) is 15.7. The van der Waals surface area contributed by atoms with Gasteiger partial charge in [0, 0.05) is 45.1 Å². The second-order valence-electron chi connectivity index (χ2n) is 9.04. The van der Waals surface area contributed by atoms with E-state index in [0.29, 0.717) is 11.6 Å². The average Bonchev–Trinajstić information content (AvgIpc) is 2.80. The largest absolute Gasteiger partial charge is 0.492 e. The van der Waals surface area contributed by atoms with Crippen molar-refractivity contribution in [2.24, 2.45) is 0 Å². The SMILES string of the molecule is Cl.Cl.OC1(C(CN2CCNCC2)c2ccc(OCCc3ccccc3)c(Cl)c2)CCCCC1. The predicted octanol–water partition coefficient (Wildman–Crippen LogP) is 5.49. The van der Waals surface area contributed by atoms with Gasteiger partial charge in [-0.1, -0.05) is 67.3 Å². The number of nitrogens with zero attached hydrogens (tertiary/aromatic N) is 1. The molecule has 7 heteroatoms. The molecule has 0 amide bonds. The number of benzene rings is 2. The molecular weight excluding hydrogens is 479 g/mol. The number of halogens is 3. The van der Waals surface area contributed by atoms with Gasteiger partial charge in [0.15, 0.2) is 0 Å². The smallest absolute Gasteiger partial charge is 0.137 e. The van der Waals surface area contributed by atoms with Crippen LogP contribution in [0.2, 0.25) is 5.02 Å². The van der Waals surface area contributed by atoms with E-state index >= 15 is 0 Å². The molecule has 2 fully saturated rings. The lowest BCUT2D eigenvalue weighted by atomic mass is 9.72. The molecule has 2 aliphatic rings. The first-order valence-electron chi connectivity index (χ1n) is 11.8. The van der Waals surface area contributed by atoms with Gasteiger partial charge in [0.25, 0.3) is 0 Å². The van der Waals surface area contributed by atoms with Gasteiger partial charge in [0.05, 0.1) is 17.2 Å². The van der Waals surface area contributed by atoms with Crippen LogP contribution in [0.25, 0.3) is 0 Å². The first-order chi connectivity index (χ1) is 15.1. The number of hydrogen-bond donors (Lipinski definition) is 2. The predicted molar refractivity (Wildman–Crippen MR) is 142 cm³/mol. The van der Waals surface area contributed by atoms with Crippen LogP contribution in [0.3, 0.4) is 0 Å². The zero-order valence-electron chi connectivity index (χ0n) is 19.2. The van der Waals surface area contributed by atoms with Crippen LogP contribution in [-0.4, -0.2) is 54.9 Å². The Bertz CT molecular complexity index is 826. The highest BCUT2D eigenvalue weighted by Crippen LogP contribution is 2.42. The summed E-state index contributed by atoms with van der Waals surface area (Å²) in [5.74, 6) is 0.791. The monoisotopic (exact) mass is 514 g/mol. The molecule has 1 aliphatic heterocycles. The van der Waals surface area contributed by atoms with E-state index in [1.807, 2.05) is 30.3 Å². The maximum absolute atomic E-state index is 11.6. The van der Waals surface area contributed by atoms with Crippen molar-refractivity contribution in [2.45, 2.75) is 50.0 Å². The Hall–Kier alpha value is -1.01. The molecule has 1 saturated heterocycles. The molecule has 1 saturated carbocycles. The minimum Gasteiger partial charge on any atom is -0.492 e. The summed E-state index contributed by atoms with van der Waals surface area (Å²) < 4.78 is 5.98. The molecule has 4 rings (SSSR count). The molecular formula is C26H37Cl3N2O2. The van der Waals surface area contributed by atoms with Gasteiger partial charge in [-0.25, -0.2) is 0 Å². The maximum atomic E-state index is 11.6. The van der Waals surface area contributed by atoms with Gasteiger partial charge in [-0.15, -0.1) is 24.8 Å². The van der Waals surface area contributed by atoms with Crippen molar-refractivity contribution < 1.29 is 9.84 Å². The molecule has 1 aliphatic carbocycles. The number of hydrogen-bond acceptors (Lipinski definition) is 4. The molecule has 2 N–H and O–H groups in total. The minimum atomic E-state index is -0.651. The maximum Gasteiger partial charge on any atom is 0.137 e. The van der Waals surface area contributed by atoms with E-state index in [-0.39, 0.29) is 30.7 Å². The third-order valence-corrected chi connectivity index (χ3v) is 7.16. The Morgan fingerprint density at radius 1 is 1.00 bits per heavy atom. The van der Waals surface area contributed by atoms with Crippen LogP contribution >= 0.6 is 36.4 Å². The second-order valence-corrected chi connectivity index (χ2v) is 9.45. The summed E-state index contributed by atoms with van der Waals surface area (Å²) in [5.41, 5.74) is 1.73. The van der Waals surface area contributed by atoms with Gasteiger partial charge < -0.3 is 20.1 Å². The zero-order valence-corrected chi connectivity index (χ0v) is 21.6. The highest BCUT2D eigenvalue weighted by atomic mass is 35.5. The molecule has 1 unspecified atom stereocenters. The molecule has 1 atom stereocenters. The van der Waals surface area contributed by atoms with Crippen molar-refractivity contribution in [2.75, 3.05) is 39.3 Å². The summed E-state index contributed by atoms with van der Waals surface area (Å²) in [4.78, 5) is 2.48. The minimum absolute atomic E-state index is 0. The van der Waals surface area contributed by atoms with Crippen LogP contribution in [0, 0.1) is 0 Å². The van der Waals surface area contributed by atoms with Crippen LogP contribution in [0.4, 0.5) is 0 Å².